The van der Waals surface area contributed by atoms with Gasteiger partial charge in [0.15, 0.2) is 0 Å². The number of rotatable bonds is 7. The molecule has 0 heterocycles. The summed E-state index contributed by atoms with van der Waals surface area (Å²) in [6.07, 6.45) is 2.22. The number of alkyl halides is 1. The molecule has 1 N–H and O–H groups in total. The molecule has 1 aromatic carbocycles. The number of methoxy groups -OCH3 is 1. The third kappa shape index (κ3) is 5.11. The Morgan fingerprint density at radius 3 is 2.79 bits per heavy atom. The predicted molar refractivity (Wildman–Crippen MR) is 78.9 cm³/mol. The Hall–Kier alpha value is -1.22. The van der Waals surface area contributed by atoms with E-state index in [1.54, 1.807) is 7.11 Å². The average molecular weight is 284 g/mol. The first-order valence-corrected chi connectivity index (χ1v) is 7.11. The zero-order valence-corrected chi connectivity index (χ0v) is 12.6. The fourth-order valence-electron chi connectivity index (χ4n) is 1.96. The lowest BCUT2D eigenvalue weighted by Crippen LogP contribution is -2.26. The highest BCUT2D eigenvalue weighted by Gasteiger charge is 2.13. The van der Waals surface area contributed by atoms with Gasteiger partial charge in [0.05, 0.1) is 13.2 Å². The second kappa shape index (κ2) is 8.05. The van der Waals surface area contributed by atoms with Gasteiger partial charge in [0.2, 0.25) is 5.91 Å². The van der Waals surface area contributed by atoms with E-state index in [0.29, 0.717) is 12.3 Å². The largest absolute Gasteiger partial charge is 0.496 e. The molecule has 1 rings (SSSR count). The van der Waals surface area contributed by atoms with Gasteiger partial charge in [-0.3, -0.25) is 4.79 Å². The van der Waals surface area contributed by atoms with Crippen LogP contribution in [-0.2, 0) is 4.79 Å². The highest BCUT2D eigenvalue weighted by molar-refractivity contribution is 6.17. The summed E-state index contributed by atoms with van der Waals surface area (Å²) in [5.41, 5.74) is 2.16. The number of aryl methyl sites for hydroxylation is 1. The van der Waals surface area contributed by atoms with E-state index in [0.717, 1.165) is 29.7 Å². The molecule has 0 fully saturated rings. The molecule has 0 aromatic heterocycles. The van der Waals surface area contributed by atoms with E-state index in [-0.39, 0.29) is 11.9 Å². The van der Waals surface area contributed by atoms with E-state index in [1.165, 1.54) is 0 Å². The second-order valence-corrected chi connectivity index (χ2v) is 5.06. The minimum atomic E-state index is -0.0571. The molecule has 3 nitrogen and oxygen atoms in total. The monoisotopic (exact) mass is 283 g/mol. The summed E-state index contributed by atoms with van der Waals surface area (Å²) in [6.45, 7) is 3.99. The average Bonchev–Trinajstić information content (AvgIpc) is 2.39. The van der Waals surface area contributed by atoms with Gasteiger partial charge in [-0.05, 0) is 32.8 Å². The van der Waals surface area contributed by atoms with Crippen molar-refractivity contribution in [1.29, 1.82) is 0 Å². The number of nitrogens with one attached hydrogen (secondary N) is 1. The van der Waals surface area contributed by atoms with Crippen LogP contribution in [0.3, 0.4) is 0 Å². The van der Waals surface area contributed by atoms with Gasteiger partial charge in [-0.2, -0.15) is 0 Å². The van der Waals surface area contributed by atoms with Gasteiger partial charge < -0.3 is 10.1 Å². The Bertz CT molecular complexity index is 421. The zero-order chi connectivity index (χ0) is 14.3. The molecule has 0 radical (unpaired) electrons. The van der Waals surface area contributed by atoms with Crippen LogP contribution in [-0.4, -0.2) is 18.9 Å². The van der Waals surface area contributed by atoms with Crippen LogP contribution >= 0.6 is 11.6 Å². The van der Waals surface area contributed by atoms with Crippen LogP contribution < -0.4 is 10.1 Å². The smallest absolute Gasteiger partial charge is 0.220 e. The van der Waals surface area contributed by atoms with Crippen LogP contribution in [0.15, 0.2) is 18.2 Å². The molecular weight excluding hydrogens is 262 g/mol. The van der Waals surface area contributed by atoms with Crippen molar-refractivity contribution in [2.24, 2.45) is 0 Å². The molecule has 0 aliphatic heterocycles. The lowest BCUT2D eigenvalue weighted by Gasteiger charge is -2.18. The summed E-state index contributed by atoms with van der Waals surface area (Å²) in [4.78, 5) is 11.8. The highest BCUT2D eigenvalue weighted by atomic mass is 35.5. The third-order valence-corrected chi connectivity index (χ3v) is 3.28. The molecule has 0 bridgehead atoms. The standard InChI is InChI=1S/C15H22ClNO2/c1-11-7-8-14(19-3)13(10-11)12(2)17-15(18)6-4-5-9-16/h7-8,10,12H,4-6,9H2,1-3H3,(H,17,18). The topological polar surface area (TPSA) is 38.3 Å². The van der Waals surface area contributed by atoms with Crippen molar-refractivity contribution in [2.75, 3.05) is 13.0 Å². The summed E-state index contributed by atoms with van der Waals surface area (Å²) in [5.74, 6) is 1.47. The Balaban J connectivity index is 2.64. The van der Waals surface area contributed by atoms with Crippen LogP contribution in [0.25, 0.3) is 0 Å². The van der Waals surface area contributed by atoms with E-state index in [9.17, 15) is 4.79 Å². The predicted octanol–water partition coefficient (Wildman–Crippen LogP) is 3.59. The Kier molecular flexibility index (Phi) is 6.71. The minimum absolute atomic E-state index is 0.0566. The highest BCUT2D eigenvalue weighted by Crippen LogP contribution is 2.26. The van der Waals surface area contributed by atoms with Gasteiger partial charge >= 0.3 is 0 Å². The third-order valence-electron chi connectivity index (χ3n) is 3.02. The Morgan fingerprint density at radius 2 is 2.16 bits per heavy atom. The molecule has 1 aromatic rings. The summed E-state index contributed by atoms with van der Waals surface area (Å²) >= 11 is 5.60. The maximum atomic E-state index is 11.8. The normalized spacial score (nSPS) is 12.0. The zero-order valence-electron chi connectivity index (χ0n) is 11.8. The van der Waals surface area contributed by atoms with Crippen LogP contribution in [0.4, 0.5) is 0 Å². The number of amides is 1. The number of hydrogen-bond donors (Lipinski definition) is 1. The lowest BCUT2D eigenvalue weighted by molar-refractivity contribution is -0.121. The first kappa shape index (κ1) is 15.8. The summed E-state index contributed by atoms with van der Waals surface area (Å²) in [5, 5.41) is 2.99. The first-order valence-electron chi connectivity index (χ1n) is 6.58. The molecule has 106 valence electrons. The maximum Gasteiger partial charge on any atom is 0.220 e. The molecule has 0 aliphatic rings. The van der Waals surface area contributed by atoms with Gasteiger partial charge in [-0.25, -0.2) is 0 Å². The van der Waals surface area contributed by atoms with Gasteiger partial charge in [0, 0.05) is 17.9 Å². The van der Waals surface area contributed by atoms with E-state index in [4.69, 9.17) is 16.3 Å². The van der Waals surface area contributed by atoms with Crippen LogP contribution in [0.1, 0.15) is 43.4 Å². The number of carbonyl (C=O) groups is 1. The van der Waals surface area contributed by atoms with Gasteiger partial charge in [0.1, 0.15) is 5.75 Å². The van der Waals surface area contributed by atoms with Gasteiger partial charge in [0.25, 0.3) is 0 Å². The number of halogens is 1. The van der Waals surface area contributed by atoms with Crippen molar-refractivity contribution in [2.45, 2.75) is 39.2 Å². The fourth-order valence-corrected chi connectivity index (χ4v) is 2.15. The van der Waals surface area contributed by atoms with Crippen molar-refractivity contribution < 1.29 is 9.53 Å². The van der Waals surface area contributed by atoms with Crippen LogP contribution in [0, 0.1) is 6.92 Å². The maximum absolute atomic E-state index is 11.8. The van der Waals surface area contributed by atoms with Gasteiger partial charge in [-0.15, -0.1) is 11.6 Å². The van der Waals surface area contributed by atoms with Crippen molar-refractivity contribution in [3.63, 3.8) is 0 Å². The first-order chi connectivity index (χ1) is 9.08. The van der Waals surface area contributed by atoms with Crippen molar-refractivity contribution in [3.8, 4) is 5.75 Å². The van der Waals surface area contributed by atoms with Crippen LogP contribution in [0.5, 0.6) is 5.75 Å². The minimum Gasteiger partial charge on any atom is -0.496 e. The molecule has 1 atom stereocenters. The number of benzene rings is 1. The summed E-state index contributed by atoms with van der Waals surface area (Å²) in [7, 11) is 1.64. The molecule has 4 heteroatoms. The van der Waals surface area contributed by atoms with Crippen molar-refractivity contribution in [1.82, 2.24) is 5.32 Å². The quantitative estimate of drug-likeness (QED) is 0.613. The summed E-state index contributed by atoms with van der Waals surface area (Å²) < 4.78 is 5.33. The SMILES string of the molecule is COc1ccc(C)cc1C(C)NC(=O)CCCCCl. The molecule has 0 aliphatic carbocycles. The lowest BCUT2D eigenvalue weighted by atomic mass is 10.0. The van der Waals surface area contributed by atoms with E-state index >= 15 is 0 Å². The number of hydrogen-bond acceptors (Lipinski definition) is 2. The van der Waals surface area contributed by atoms with Crippen molar-refractivity contribution >= 4 is 17.5 Å². The van der Waals surface area contributed by atoms with E-state index in [1.807, 2.05) is 32.0 Å². The molecule has 1 amide bonds. The van der Waals surface area contributed by atoms with E-state index < -0.39 is 0 Å². The molecule has 0 spiro atoms. The van der Waals surface area contributed by atoms with Gasteiger partial charge in [-0.1, -0.05) is 17.7 Å². The number of carbonyl (C=O) groups excluding carboxylic acids is 1. The molecular formula is C15H22ClNO2. The summed E-state index contributed by atoms with van der Waals surface area (Å²) in [6, 6.07) is 5.92. The molecule has 0 saturated heterocycles. The molecule has 1 unspecified atom stereocenters. The molecule has 19 heavy (non-hydrogen) atoms. The van der Waals surface area contributed by atoms with E-state index in [2.05, 4.69) is 5.32 Å². The number of unbranched alkanes of at least 4 members (excludes halogenated alkanes) is 1. The second-order valence-electron chi connectivity index (χ2n) is 4.68. The van der Waals surface area contributed by atoms with Crippen molar-refractivity contribution in [3.05, 3.63) is 29.3 Å². The number of ether oxygens (including phenoxy) is 1. The molecule has 0 saturated carbocycles. The Labute approximate surface area is 120 Å². The Morgan fingerprint density at radius 1 is 1.42 bits per heavy atom. The van der Waals surface area contributed by atoms with Crippen LogP contribution in [0.2, 0.25) is 0 Å². The fraction of sp³-hybridized carbons (Fsp3) is 0.533.